The summed E-state index contributed by atoms with van der Waals surface area (Å²) in [6.07, 6.45) is 6.27. The van der Waals surface area contributed by atoms with E-state index in [9.17, 15) is 9.59 Å². The first-order chi connectivity index (χ1) is 10.3. The highest BCUT2D eigenvalue weighted by Crippen LogP contribution is 2.66. The average Bonchev–Trinajstić information content (AvgIpc) is 3.07. The Kier molecular flexibility index (Phi) is 3.58. The molecule has 0 aromatic rings. The number of rotatable bonds is 3. The predicted molar refractivity (Wildman–Crippen MR) is 85.2 cm³/mol. The molecule has 0 radical (unpaired) electrons. The third-order valence-corrected chi connectivity index (χ3v) is 6.55. The summed E-state index contributed by atoms with van der Waals surface area (Å²) in [6.45, 7) is 8.07. The molecule has 0 aromatic heterocycles. The molecular weight excluding hydrogens is 276 g/mol. The van der Waals surface area contributed by atoms with E-state index in [0.29, 0.717) is 6.42 Å². The van der Waals surface area contributed by atoms with Crippen LogP contribution in [-0.2, 0) is 14.3 Å². The molecule has 0 amide bonds. The fraction of sp³-hybridized carbons (Fsp3) is 0.684. The first kappa shape index (κ1) is 15.5. The van der Waals surface area contributed by atoms with Crippen molar-refractivity contribution < 1.29 is 14.3 Å². The summed E-state index contributed by atoms with van der Waals surface area (Å²) >= 11 is 0. The van der Waals surface area contributed by atoms with Crippen molar-refractivity contribution in [2.75, 3.05) is 7.11 Å². The van der Waals surface area contributed by atoms with E-state index in [1.807, 2.05) is 13.8 Å². The lowest BCUT2D eigenvalue weighted by molar-refractivity contribution is -0.152. The molecule has 0 aliphatic heterocycles. The summed E-state index contributed by atoms with van der Waals surface area (Å²) in [5, 5.41) is 0. The molecule has 1 unspecified atom stereocenters. The topological polar surface area (TPSA) is 43.4 Å². The number of allylic oxidation sites excluding steroid dienone is 3. The van der Waals surface area contributed by atoms with Gasteiger partial charge in [0.2, 0.25) is 0 Å². The average molecular weight is 302 g/mol. The van der Waals surface area contributed by atoms with E-state index in [2.05, 4.69) is 6.58 Å². The minimum Gasteiger partial charge on any atom is -0.469 e. The van der Waals surface area contributed by atoms with Crippen LogP contribution in [0.2, 0.25) is 0 Å². The van der Waals surface area contributed by atoms with Crippen LogP contribution in [0.5, 0.6) is 0 Å². The molecule has 22 heavy (non-hydrogen) atoms. The van der Waals surface area contributed by atoms with Crippen molar-refractivity contribution in [1.29, 1.82) is 0 Å². The van der Waals surface area contributed by atoms with Gasteiger partial charge in [0.15, 0.2) is 5.78 Å². The number of ketones is 1. The molecular formula is C19H26O3. The van der Waals surface area contributed by atoms with Crippen LogP contribution in [-0.4, -0.2) is 18.9 Å². The Labute approximate surface area is 132 Å². The lowest BCUT2D eigenvalue weighted by Gasteiger charge is -2.37. The van der Waals surface area contributed by atoms with Crippen LogP contribution < -0.4 is 0 Å². The van der Waals surface area contributed by atoms with Gasteiger partial charge in [-0.15, -0.1) is 0 Å². The van der Waals surface area contributed by atoms with Gasteiger partial charge in [0.25, 0.3) is 0 Å². The molecule has 1 atom stereocenters. The van der Waals surface area contributed by atoms with Crippen molar-refractivity contribution in [2.24, 2.45) is 16.7 Å². The summed E-state index contributed by atoms with van der Waals surface area (Å²) in [6, 6.07) is 0. The first-order valence-electron chi connectivity index (χ1n) is 8.31. The maximum Gasteiger partial charge on any atom is 0.311 e. The third-order valence-electron chi connectivity index (χ3n) is 6.55. The number of fused-ring (bicyclic) bond motifs is 2. The monoisotopic (exact) mass is 302 g/mol. The largest absolute Gasteiger partial charge is 0.469 e. The number of ether oxygens (including phenoxy) is 1. The number of carbonyl (C=O) groups is 2. The summed E-state index contributed by atoms with van der Waals surface area (Å²) in [7, 11) is 1.49. The molecule has 2 saturated carbocycles. The predicted octanol–water partition coefficient (Wildman–Crippen LogP) is 3.98. The quantitative estimate of drug-likeness (QED) is 0.585. The molecule has 0 heterocycles. The van der Waals surface area contributed by atoms with E-state index in [4.69, 9.17) is 4.74 Å². The Balaban J connectivity index is 1.94. The maximum absolute atomic E-state index is 12.4. The van der Waals surface area contributed by atoms with Gasteiger partial charge < -0.3 is 4.74 Å². The second-order valence-corrected chi connectivity index (χ2v) is 7.71. The van der Waals surface area contributed by atoms with Crippen LogP contribution in [0.1, 0.15) is 58.8 Å². The van der Waals surface area contributed by atoms with Crippen LogP contribution in [0.15, 0.2) is 23.3 Å². The molecule has 3 aliphatic carbocycles. The van der Waals surface area contributed by atoms with Crippen molar-refractivity contribution in [1.82, 2.24) is 0 Å². The normalized spacial score (nSPS) is 37.6. The second kappa shape index (κ2) is 5.07. The molecule has 3 rings (SSSR count). The summed E-state index contributed by atoms with van der Waals surface area (Å²) in [4.78, 5) is 24.6. The van der Waals surface area contributed by atoms with Crippen LogP contribution in [0.3, 0.4) is 0 Å². The third kappa shape index (κ3) is 2.09. The van der Waals surface area contributed by atoms with Crippen molar-refractivity contribution >= 4 is 11.8 Å². The first-order valence-corrected chi connectivity index (χ1v) is 8.31. The van der Waals surface area contributed by atoms with E-state index in [1.54, 1.807) is 0 Å². The van der Waals surface area contributed by atoms with Gasteiger partial charge in [-0.1, -0.05) is 17.7 Å². The Morgan fingerprint density at radius 1 is 1.23 bits per heavy atom. The lowest BCUT2D eigenvalue weighted by Crippen LogP contribution is -2.28. The Bertz CT molecular complexity index is 573. The van der Waals surface area contributed by atoms with Crippen molar-refractivity contribution in [3.63, 3.8) is 0 Å². The zero-order valence-corrected chi connectivity index (χ0v) is 14.0. The van der Waals surface area contributed by atoms with Gasteiger partial charge in [-0.2, -0.15) is 0 Å². The smallest absolute Gasteiger partial charge is 0.311 e. The Hall–Kier alpha value is -1.38. The molecule has 3 nitrogen and oxygen atoms in total. The van der Waals surface area contributed by atoms with E-state index >= 15 is 0 Å². The van der Waals surface area contributed by atoms with Gasteiger partial charge in [0.05, 0.1) is 12.5 Å². The van der Waals surface area contributed by atoms with Crippen molar-refractivity contribution in [3.8, 4) is 0 Å². The maximum atomic E-state index is 12.4. The van der Waals surface area contributed by atoms with Gasteiger partial charge in [0.1, 0.15) is 0 Å². The molecule has 0 aromatic carbocycles. The highest BCUT2D eigenvalue weighted by molar-refractivity contribution is 5.97. The summed E-state index contributed by atoms with van der Waals surface area (Å²) < 4.78 is 5.06. The van der Waals surface area contributed by atoms with E-state index in [0.717, 1.165) is 49.7 Å². The van der Waals surface area contributed by atoms with Crippen LogP contribution in [0, 0.1) is 16.7 Å². The molecule has 0 N–H and O–H groups in total. The number of esters is 1. The van der Waals surface area contributed by atoms with Gasteiger partial charge in [-0.25, -0.2) is 0 Å². The van der Waals surface area contributed by atoms with Crippen LogP contribution in [0.4, 0.5) is 0 Å². The zero-order chi connectivity index (χ0) is 16.1. The van der Waals surface area contributed by atoms with Crippen molar-refractivity contribution in [3.05, 3.63) is 23.3 Å². The van der Waals surface area contributed by atoms with Gasteiger partial charge >= 0.3 is 5.97 Å². The Morgan fingerprint density at radius 3 is 2.41 bits per heavy atom. The molecule has 2 fully saturated rings. The highest BCUT2D eigenvalue weighted by Gasteiger charge is 2.60. The van der Waals surface area contributed by atoms with Gasteiger partial charge in [-0.05, 0) is 69.3 Å². The van der Waals surface area contributed by atoms with E-state index in [1.165, 1.54) is 12.7 Å². The molecule has 0 saturated heterocycles. The standard InChI is InChI=1S/C19H26O3/c1-12(2)14-9-15(13(3)16(20)10-14)18-5-7-19(11-18,8-6-18)17(21)22-4/h14H,1,5-11H2,2-4H3. The summed E-state index contributed by atoms with van der Waals surface area (Å²) in [5.74, 6) is 0.490. The zero-order valence-electron chi connectivity index (χ0n) is 14.0. The molecule has 3 heteroatoms. The van der Waals surface area contributed by atoms with E-state index < -0.39 is 0 Å². The van der Waals surface area contributed by atoms with Crippen molar-refractivity contribution in [2.45, 2.75) is 58.8 Å². The number of hydrogen-bond acceptors (Lipinski definition) is 3. The molecule has 2 bridgehead atoms. The minimum absolute atomic E-state index is 0.0521. The fourth-order valence-corrected chi connectivity index (χ4v) is 5.09. The number of hydrogen-bond donors (Lipinski definition) is 0. The number of Topliss-reactive ketones (excluding diaryl/α,β-unsaturated/α-hetero) is 1. The molecule has 3 aliphatic rings. The summed E-state index contributed by atoms with van der Waals surface area (Å²) in [5.41, 5.74) is 3.15. The number of carbonyl (C=O) groups excluding carboxylic acids is 2. The van der Waals surface area contributed by atoms with E-state index in [-0.39, 0.29) is 28.5 Å². The lowest BCUT2D eigenvalue weighted by atomic mass is 9.67. The minimum atomic E-state index is -0.290. The Morgan fingerprint density at radius 2 is 1.86 bits per heavy atom. The fourth-order valence-electron chi connectivity index (χ4n) is 5.09. The number of methoxy groups -OCH3 is 1. The highest BCUT2D eigenvalue weighted by atomic mass is 16.5. The SMILES string of the molecule is C=C(C)C1CC(=O)C(C)=C(C23CCC(C(=O)OC)(CC2)C3)C1. The van der Waals surface area contributed by atoms with Crippen LogP contribution in [0.25, 0.3) is 0 Å². The van der Waals surface area contributed by atoms with Gasteiger partial charge in [-0.3, -0.25) is 9.59 Å². The second-order valence-electron chi connectivity index (χ2n) is 7.71. The van der Waals surface area contributed by atoms with Crippen LogP contribution >= 0.6 is 0 Å². The molecule has 120 valence electrons. The van der Waals surface area contributed by atoms with Gasteiger partial charge in [0, 0.05) is 6.42 Å². The molecule has 0 spiro atoms.